The molecule has 2 heterocycles. The number of rotatable bonds is 11. The third kappa shape index (κ3) is 7.38. The molecule has 2 amide bonds. The summed E-state index contributed by atoms with van der Waals surface area (Å²) in [6.07, 6.45) is 5.07. The van der Waals surface area contributed by atoms with Crippen molar-refractivity contribution < 1.29 is 27.8 Å². The van der Waals surface area contributed by atoms with Crippen molar-refractivity contribution in [1.29, 1.82) is 0 Å². The van der Waals surface area contributed by atoms with Gasteiger partial charge in [-0.1, -0.05) is 0 Å². The van der Waals surface area contributed by atoms with Crippen molar-refractivity contribution in [2.45, 2.75) is 70.1 Å². The molecule has 3 atom stereocenters. The van der Waals surface area contributed by atoms with E-state index in [9.17, 15) is 18.4 Å². The summed E-state index contributed by atoms with van der Waals surface area (Å²) >= 11 is -2.01. The van der Waals surface area contributed by atoms with Gasteiger partial charge in [0, 0.05) is 31.9 Å². The molecule has 34 heavy (non-hydrogen) atoms. The van der Waals surface area contributed by atoms with Crippen LogP contribution in [0.3, 0.4) is 0 Å². The van der Waals surface area contributed by atoms with Crippen LogP contribution in [0, 0.1) is 0 Å². The lowest BCUT2D eigenvalue weighted by atomic mass is 10.0. The SMILES string of the molecule is COC(=O)NCCCc1cc([C@@H](C)N(C(=O)[C@H]2CCCCO2)C2CC2)cc(N(C)CS(=O)O)n1. The highest BCUT2D eigenvalue weighted by atomic mass is 32.2. The maximum Gasteiger partial charge on any atom is 0.406 e. The van der Waals surface area contributed by atoms with E-state index in [0.29, 0.717) is 31.8 Å². The van der Waals surface area contributed by atoms with Gasteiger partial charge in [0.2, 0.25) is 0 Å². The summed E-state index contributed by atoms with van der Waals surface area (Å²) < 4.78 is 31.1. The third-order valence-corrected chi connectivity index (χ3v) is 6.80. The normalized spacial score (nSPS) is 19.7. The second kappa shape index (κ2) is 12.5. The number of hydrogen-bond acceptors (Lipinski definition) is 7. The van der Waals surface area contributed by atoms with E-state index in [1.807, 2.05) is 24.0 Å². The number of alkyl carbamates (subject to hydrolysis) is 1. The molecule has 1 saturated carbocycles. The summed E-state index contributed by atoms with van der Waals surface area (Å²) in [5, 5.41) is 2.66. The molecule has 0 radical (unpaired) electrons. The Bertz CT molecular complexity index is 875. The predicted octanol–water partition coefficient (Wildman–Crippen LogP) is 2.61. The van der Waals surface area contributed by atoms with Crippen LogP contribution in [0.1, 0.15) is 62.7 Å². The van der Waals surface area contributed by atoms with Gasteiger partial charge < -0.3 is 29.1 Å². The Balaban J connectivity index is 1.82. The predicted molar refractivity (Wildman–Crippen MR) is 129 cm³/mol. The second-order valence-corrected chi connectivity index (χ2v) is 9.83. The van der Waals surface area contributed by atoms with Crippen LogP contribution in [0.5, 0.6) is 0 Å². The molecule has 3 rings (SSSR count). The fourth-order valence-corrected chi connectivity index (χ4v) is 4.69. The van der Waals surface area contributed by atoms with Crippen molar-refractivity contribution in [3.63, 3.8) is 0 Å². The first-order chi connectivity index (χ1) is 16.3. The molecule has 0 aromatic carbocycles. The standard InChI is InChI=1S/C23H36N4O6S/c1-16(27(19-9-10-19)22(28)20-8-4-5-12-33-20)17-13-18(7-6-11-24-23(29)32-3)25-21(14-17)26(2)15-34(30)31/h13-14,16,19-20H,4-12,15H2,1-3H3,(H,24,29)(H,30,31)/t16-,20-/m1/s1. The molecule has 1 saturated heterocycles. The molecule has 0 bridgehead atoms. The molecule has 1 aliphatic carbocycles. The fraction of sp³-hybridized carbons (Fsp3) is 0.696. The molecule has 1 aromatic rings. The molecule has 1 unspecified atom stereocenters. The van der Waals surface area contributed by atoms with Crippen LogP contribution >= 0.6 is 0 Å². The smallest absolute Gasteiger partial charge is 0.406 e. The molecule has 2 aliphatic rings. The van der Waals surface area contributed by atoms with Crippen LogP contribution in [-0.4, -0.2) is 76.0 Å². The van der Waals surface area contributed by atoms with Crippen molar-refractivity contribution in [2.75, 3.05) is 38.1 Å². The maximum absolute atomic E-state index is 13.4. The van der Waals surface area contributed by atoms with E-state index >= 15 is 0 Å². The summed E-state index contributed by atoms with van der Waals surface area (Å²) in [5.41, 5.74) is 1.71. The Morgan fingerprint density at radius 1 is 1.32 bits per heavy atom. The number of carbonyl (C=O) groups is 2. The second-order valence-electron chi connectivity index (χ2n) is 8.93. The zero-order valence-electron chi connectivity index (χ0n) is 20.2. The minimum Gasteiger partial charge on any atom is -0.453 e. The highest BCUT2D eigenvalue weighted by Gasteiger charge is 2.40. The molecular formula is C23H36N4O6S. The van der Waals surface area contributed by atoms with Gasteiger partial charge in [0.05, 0.1) is 13.2 Å². The van der Waals surface area contributed by atoms with Crippen LogP contribution in [0.2, 0.25) is 0 Å². The Labute approximate surface area is 203 Å². The van der Waals surface area contributed by atoms with E-state index in [-0.39, 0.29) is 30.0 Å². The average molecular weight is 497 g/mol. The zero-order valence-corrected chi connectivity index (χ0v) is 21.0. The van der Waals surface area contributed by atoms with E-state index in [4.69, 9.17) is 4.74 Å². The number of amides is 2. The first-order valence-electron chi connectivity index (χ1n) is 11.8. The van der Waals surface area contributed by atoms with Gasteiger partial charge in [-0.15, -0.1) is 0 Å². The van der Waals surface area contributed by atoms with Crippen molar-refractivity contribution in [3.8, 4) is 0 Å². The van der Waals surface area contributed by atoms with Crippen molar-refractivity contribution in [3.05, 3.63) is 23.4 Å². The topological polar surface area (TPSA) is 121 Å². The average Bonchev–Trinajstić information content (AvgIpc) is 3.66. The molecule has 2 N–H and O–H groups in total. The van der Waals surface area contributed by atoms with Gasteiger partial charge in [-0.25, -0.2) is 14.0 Å². The highest BCUT2D eigenvalue weighted by Crippen LogP contribution is 2.37. The van der Waals surface area contributed by atoms with Gasteiger partial charge in [-0.3, -0.25) is 4.79 Å². The molecule has 190 valence electrons. The third-order valence-electron chi connectivity index (χ3n) is 6.20. The highest BCUT2D eigenvalue weighted by molar-refractivity contribution is 7.79. The van der Waals surface area contributed by atoms with Crippen LogP contribution < -0.4 is 10.2 Å². The van der Waals surface area contributed by atoms with E-state index in [1.165, 1.54) is 7.11 Å². The Kier molecular flexibility index (Phi) is 9.66. The summed E-state index contributed by atoms with van der Waals surface area (Å²) in [5.74, 6) is 0.538. The Morgan fingerprint density at radius 2 is 2.09 bits per heavy atom. The first kappa shape index (κ1) is 26.4. The van der Waals surface area contributed by atoms with Gasteiger partial charge in [-0.2, -0.15) is 0 Å². The number of ether oxygens (including phenoxy) is 2. The molecule has 0 spiro atoms. The number of carbonyl (C=O) groups excluding carboxylic acids is 2. The number of methoxy groups -OCH3 is 1. The number of pyridine rings is 1. The quantitative estimate of drug-likeness (QED) is 0.354. The summed E-state index contributed by atoms with van der Waals surface area (Å²) in [4.78, 5) is 33.0. The number of aryl methyl sites for hydroxylation is 1. The maximum atomic E-state index is 13.4. The van der Waals surface area contributed by atoms with Gasteiger partial charge in [0.15, 0.2) is 11.1 Å². The molecule has 1 aromatic heterocycles. The minimum absolute atomic E-state index is 0.0432. The minimum atomic E-state index is -2.01. The van der Waals surface area contributed by atoms with Gasteiger partial charge in [0.25, 0.3) is 5.91 Å². The van der Waals surface area contributed by atoms with Crippen LogP contribution in [0.15, 0.2) is 12.1 Å². The lowest BCUT2D eigenvalue weighted by Gasteiger charge is -2.34. The number of hydrogen-bond donors (Lipinski definition) is 2. The van der Waals surface area contributed by atoms with Gasteiger partial charge >= 0.3 is 6.09 Å². The largest absolute Gasteiger partial charge is 0.453 e. The molecular weight excluding hydrogens is 460 g/mol. The first-order valence-corrected chi connectivity index (χ1v) is 13.1. The zero-order chi connectivity index (χ0) is 24.7. The van der Waals surface area contributed by atoms with Crippen LogP contribution in [0.25, 0.3) is 0 Å². The van der Waals surface area contributed by atoms with E-state index in [2.05, 4.69) is 15.0 Å². The monoisotopic (exact) mass is 496 g/mol. The van der Waals surface area contributed by atoms with Gasteiger partial charge in [-0.05, 0) is 69.6 Å². The lowest BCUT2D eigenvalue weighted by Crippen LogP contribution is -2.44. The Morgan fingerprint density at radius 3 is 2.71 bits per heavy atom. The Hall–Kier alpha value is -2.24. The number of nitrogens with zero attached hydrogens (tertiary/aromatic N) is 3. The molecule has 1 aliphatic heterocycles. The summed E-state index contributed by atoms with van der Waals surface area (Å²) in [7, 11) is 3.04. The fourth-order valence-electron chi connectivity index (χ4n) is 4.23. The number of nitrogens with one attached hydrogen (secondary N) is 1. The number of anilines is 1. The van der Waals surface area contributed by atoms with E-state index in [0.717, 1.165) is 43.4 Å². The molecule has 2 fully saturated rings. The van der Waals surface area contributed by atoms with Crippen molar-refractivity contribution in [2.24, 2.45) is 0 Å². The number of aromatic nitrogens is 1. The van der Waals surface area contributed by atoms with Gasteiger partial charge in [0.1, 0.15) is 17.8 Å². The van der Waals surface area contributed by atoms with Crippen LogP contribution in [0.4, 0.5) is 10.6 Å². The van der Waals surface area contributed by atoms with Crippen molar-refractivity contribution in [1.82, 2.24) is 15.2 Å². The van der Waals surface area contributed by atoms with E-state index in [1.54, 1.807) is 11.9 Å². The molecule has 10 nitrogen and oxygen atoms in total. The summed E-state index contributed by atoms with van der Waals surface area (Å²) in [6.45, 7) is 3.08. The van der Waals surface area contributed by atoms with Crippen molar-refractivity contribution >= 4 is 28.9 Å². The summed E-state index contributed by atoms with van der Waals surface area (Å²) in [6, 6.07) is 3.89. The molecule has 11 heteroatoms. The van der Waals surface area contributed by atoms with E-state index < -0.39 is 17.2 Å². The lowest BCUT2D eigenvalue weighted by molar-refractivity contribution is -0.149. The van der Waals surface area contributed by atoms with Crippen LogP contribution in [-0.2, 0) is 31.8 Å².